The molecule has 0 spiro atoms. The maximum atomic E-state index is 13.0. The second-order valence-corrected chi connectivity index (χ2v) is 3.71. The normalized spacial score (nSPS) is 14.7. The number of rotatable bonds is 1. The lowest BCUT2D eigenvalue weighted by atomic mass is 10.0. The number of hydrogen-bond donors (Lipinski definition) is 1. The summed E-state index contributed by atoms with van der Waals surface area (Å²) in [5, 5.41) is 7.64. The molecule has 0 amide bonds. The zero-order chi connectivity index (χ0) is 14.3. The zero-order valence-electron chi connectivity index (χ0n) is 8.20. The minimum atomic E-state index is -5.21. The van der Waals surface area contributed by atoms with Gasteiger partial charge < -0.3 is 5.11 Å². The van der Waals surface area contributed by atoms with Crippen LogP contribution in [0.25, 0.3) is 0 Å². The molecule has 1 nitrogen and oxygen atoms in total. The van der Waals surface area contributed by atoms with Crippen molar-refractivity contribution in [2.45, 2.75) is 18.5 Å². The first-order chi connectivity index (χ1) is 7.94. The van der Waals surface area contributed by atoms with Crippen LogP contribution in [0, 0.1) is 5.82 Å². The van der Waals surface area contributed by atoms with Crippen LogP contribution in [0.1, 0.15) is 17.2 Å². The van der Waals surface area contributed by atoms with Crippen molar-refractivity contribution in [2.75, 3.05) is 0 Å². The Morgan fingerprint density at radius 3 is 1.94 bits per heavy atom. The van der Waals surface area contributed by atoms with Crippen molar-refractivity contribution in [3.63, 3.8) is 0 Å². The average molecular weight is 297 g/mol. The summed E-state index contributed by atoms with van der Waals surface area (Å²) in [6.07, 6.45) is -13.6. The molecule has 0 aliphatic carbocycles. The van der Waals surface area contributed by atoms with Crippen LogP contribution in [0.4, 0.5) is 30.7 Å². The summed E-state index contributed by atoms with van der Waals surface area (Å²) in [5.41, 5.74) is -3.14. The van der Waals surface area contributed by atoms with E-state index in [1.165, 1.54) is 0 Å². The van der Waals surface area contributed by atoms with E-state index in [2.05, 4.69) is 0 Å². The van der Waals surface area contributed by atoms with Crippen molar-refractivity contribution in [2.24, 2.45) is 0 Å². The average Bonchev–Trinajstić information content (AvgIpc) is 2.17. The molecule has 0 aliphatic heterocycles. The topological polar surface area (TPSA) is 20.2 Å². The molecular weight excluding hydrogens is 293 g/mol. The van der Waals surface area contributed by atoms with E-state index in [9.17, 15) is 30.7 Å². The summed E-state index contributed by atoms with van der Waals surface area (Å²) in [6.45, 7) is 0. The van der Waals surface area contributed by atoms with Crippen LogP contribution in [0.3, 0.4) is 0 Å². The van der Waals surface area contributed by atoms with Crippen molar-refractivity contribution < 1.29 is 35.8 Å². The van der Waals surface area contributed by atoms with Gasteiger partial charge in [-0.25, -0.2) is 4.39 Å². The van der Waals surface area contributed by atoms with E-state index < -0.39 is 40.4 Å². The fraction of sp³-hybridized carbons (Fsp3) is 0.333. The largest absolute Gasteiger partial charge is 0.419 e. The number of halogens is 8. The first kappa shape index (κ1) is 15.0. The fourth-order valence-corrected chi connectivity index (χ4v) is 1.39. The van der Waals surface area contributed by atoms with E-state index in [-0.39, 0.29) is 6.07 Å². The van der Waals surface area contributed by atoms with Crippen LogP contribution in [-0.2, 0) is 6.18 Å². The van der Waals surface area contributed by atoms with Crippen LogP contribution < -0.4 is 0 Å². The molecule has 9 heteroatoms. The van der Waals surface area contributed by atoms with Crippen LogP contribution in [0.2, 0.25) is 5.02 Å². The number of benzene rings is 1. The standard InChI is InChI=1S/C9H4ClF7O/c10-5-2-3(7(18)9(15,16)17)1-4(6(5)11)8(12,13)14/h1-2,7,18H. The van der Waals surface area contributed by atoms with Crippen molar-refractivity contribution in [3.05, 3.63) is 34.1 Å². The third-order valence-electron chi connectivity index (χ3n) is 1.98. The Morgan fingerprint density at radius 1 is 1.06 bits per heavy atom. The quantitative estimate of drug-likeness (QED) is 0.774. The van der Waals surface area contributed by atoms with Gasteiger partial charge in [-0.15, -0.1) is 0 Å². The van der Waals surface area contributed by atoms with Gasteiger partial charge in [-0.05, 0) is 17.7 Å². The number of aliphatic hydroxyl groups is 1. The molecule has 1 unspecified atom stereocenters. The minimum absolute atomic E-state index is 0.126. The molecule has 1 aromatic carbocycles. The lowest BCUT2D eigenvalue weighted by molar-refractivity contribution is -0.207. The Hall–Kier alpha value is -1.02. The molecule has 0 saturated carbocycles. The third kappa shape index (κ3) is 3.05. The fourth-order valence-electron chi connectivity index (χ4n) is 1.16. The smallest absolute Gasteiger partial charge is 0.379 e. The SMILES string of the molecule is OC(c1cc(Cl)c(F)c(C(F)(F)F)c1)C(F)(F)F. The molecule has 0 saturated heterocycles. The van der Waals surface area contributed by atoms with Crippen LogP contribution in [0.15, 0.2) is 12.1 Å². The van der Waals surface area contributed by atoms with E-state index >= 15 is 0 Å². The van der Waals surface area contributed by atoms with E-state index in [0.717, 1.165) is 0 Å². The molecule has 0 radical (unpaired) electrons. The maximum Gasteiger partial charge on any atom is 0.419 e. The van der Waals surface area contributed by atoms with E-state index in [1.54, 1.807) is 0 Å². The monoisotopic (exact) mass is 296 g/mol. The molecule has 1 rings (SSSR count). The Morgan fingerprint density at radius 2 is 1.56 bits per heavy atom. The lowest BCUT2D eigenvalue weighted by Crippen LogP contribution is -2.21. The lowest BCUT2D eigenvalue weighted by Gasteiger charge is -2.17. The third-order valence-corrected chi connectivity index (χ3v) is 2.26. The predicted molar refractivity (Wildman–Crippen MR) is 47.4 cm³/mol. The molecule has 0 aliphatic rings. The summed E-state index contributed by atoms with van der Waals surface area (Å²) >= 11 is 5.07. The Bertz CT molecular complexity index is 451. The molecule has 0 heterocycles. The van der Waals surface area contributed by atoms with Gasteiger partial charge in [-0.3, -0.25) is 0 Å². The van der Waals surface area contributed by atoms with Gasteiger partial charge in [-0.1, -0.05) is 11.6 Å². The van der Waals surface area contributed by atoms with E-state index in [0.29, 0.717) is 6.07 Å². The highest BCUT2D eigenvalue weighted by molar-refractivity contribution is 6.30. The first-order valence-electron chi connectivity index (χ1n) is 4.25. The Labute approximate surface area is 101 Å². The molecule has 102 valence electrons. The van der Waals surface area contributed by atoms with Crippen molar-refractivity contribution in [1.29, 1.82) is 0 Å². The van der Waals surface area contributed by atoms with Gasteiger partial charge in [0.1, 0.15) is 0 Å². The molecule has 0 fully saturated rings. The van der Waals surface area contributed by atoms with Gasteiger partial charge in [0.15, 0.2) is 11.9 Å². The highest BCUT2D eigenvalue weighted by atomic mass is 35.5. The maximum absolute atomic E-state index is 13.0. The second kappa shape index (κ2) is 4.58. The Balaban J connectivity index is 3.38. The van der Waals surface area contributed by atoms with Gasteiger partial charge in [0.25, 0.3) is 0 Å². The summed E-state index contributed by atoms with van der Waals surface area (Å²) in [6, 6.07) is 0.170. The van der Waals surface area contributed by atoms with Crippen LogP contribution in [0.5, 0.6) is 0 Å². The summed E-state index contributed by atoms with van der Waals surface area (Å²) in [7, 11) is 0. The first-order valence-corrected chi connectivity index (χ1v) is 4.63. The van der Waals surface area contributed by atoms with Crippen LogP contribution >= 0.6 is 11.6 Å². The van der Waals surface area contributed by atoms with Gasteiger partial charge >= 0.3 is 12.4 Å². The molecule has 1 aromatic rings. The van der Waals surface area contributed by atoms with Gasteiger partial charge in [0, 0.05) is 0 Å². The zero-order valence-corrected chi connectivity index (χ0v) is 8.96. The molecule has 1 atom stereocenters. The molecule has 0 bridgehead atoms. The second-order valence-electron chi connectivity index (χ2n) is 3.31. The number of hydrogen-bond acceptors (Lipinski definition) is 1. The molecule has 1 N–H and O–H groups in total. The number of aliphatic hydroxyl groups excluding tert-OH is 1. The summed E-state index contributed by atoms with van der Waals surface area (Å²) in [5.74, 6) is -1.89. The highest BCUT2D eigenvalue weighted by Gasteiger charge is 2.42. The Kier molecular flexibility index (Phi) is 3.83. The number of alkyl halides is 6. The van der Waals surface area contributed by atoms with Crippen LogP contribution in [-0.4, -0.2) is 11.3 Å². The summed E-state index contributed by atoms with van der Waals surface area (Å²) in [4.78, 5) is 0. The molecule has 18 heavy (non-hydrogen) atoms. The minimum Gasteiger partial charge on any atom is -0.379 e. The summed E-state index contributed by atoms with van der Waals surface area (Å²) < 4.78 is 86.3. The van der Waals surface area contributed by atoms with Gasteiger partial charge in [0.2, 0.25) is 0 Å². The highest BCUT2D eigenvalue weighted by Crippen LogP contribution is 2.39. The van der Waals surface area contributed by atoms with Gasteiger partial charge in [-0.2, -0.15) is 26.3 Å². The van der Waals surface area contributed by atoms with E-state index in [4.69, 9.17) is 16.7 Å². The molecule has 0 aromatic heterocycles. The van der Waals surface area contributed by atoms with Crippen molar-refractivity contribution >= 4 is 11.6 Å². The molecular formula is C9H4ClF7O. The van der Waals surface area contributed by atoms with Crippen molar-refractivity contribution in [1.82, 2.24) is 0 Å². The van der Waals surface area contributed by atoms with E-state index in [1.807, 2.05) is 0 Å². The van der Waals surface area contributed by atoms with Crippen molar-refractivity contribution in [3.8, 4) is 0 Å². The van der Waals surface area contributed by atoms with Gasteiger partial charge in [0.05, 0.1) is 10.6 Å². The predicted octanol–water partition coefficient (Wildman–Crippen LogP) is 4.09.